The Labute approximate surface area is 176 Å². The Morgan fingerprint density at radius 2 is 1.90 bits per heavy atom. The number of ether oxygens (including phenoxy) is 1. The lowest BCUT2D eigenvalue weighted by molar-refractivity contribution is 0.0534. The fourth-order valence-electron chi connectivity index (χ4n) is 3.44. The molecule has 0 aliphatic carbocycles. The van der Waals surface area contributed by atoms with Gasteiger partial charge in [-0.25, -0.2) is 0 Å². The molecule has 29 heavy (non-hydrogen) atoms. The van der Waals surface area contributed by atoms with Gasteiger partial charge in [-0.15, -0.1) is 10.2 Å². The number of anilines is 1. The molecule has 1 aromatic heterocycles. The highest BCUT2D eigenvalue weighted by Crippen LogP contribution is 2.28. The van der Waals surface area contributed by atoms with E-state index in [9.17, 15) is 0 Å². The fraction of sp³-hybridized carbons (Fsp3) is 0.364. The zero-order valence-electron chi connectivity index (χ0n) is 17.3. The van der Waals surface area contributed by atoms with Crippen molar-refractivity contribution in [3.63, 3.8) is 0 Å². The van der Waals surface area contributed by atoms with Gasteiger partial charge in [0.15, 0.2) is 11.0 Å². The molecule has 0 saturated carbocycles. The molecule has 1 N–H and O–H groups in total. The highest BCUT2D eigenvalue weighted by atomic mass is 32.2. The van der Waals surface area contributed by atoms with Crippen molar-refractivity contribution in [1.82, 2.24) is 20.1 Å². The lowest BCUT2D eigenvalue weighted by Crippen LogP contribution is -2.17. The molecule has 3 aromatic rings. The van der Waals surface area contributed by atoms with Crippen LogP contribution in [0.5, 0.6) is 0 Å². The number of aromatic nitrogens is 3. The third kappa shape index (κ3) is 4.32. The Morgan fingerprint density at radius 3 is 2.62 bits per heavy atom. The van der Waals surface area contributed by atoms with Crippen molar-refractivity contribution in [2.45, 2.75) is 24.4 Å². The van der Waals surface area contributed by atoms with Gasteiger partial charge >= 0.3 is 0 Å². The van der Waals surface area contributed by atoms with Crippen LogP contribution in [0.15, 0.2) is 53.7 Å². The van der Waals surface area contributed by atoms with Gasteiger partial charge in [-0.05, 0) is 30.2 Å². The van der Waals surface area contributed by atoms with Crippen molar-refractivity contribution in [3.05, 3.63) is 59.7 Å². The van der Waals surface area contributed by atoms with Crippen LogP contribution >= 0.6 is 11.8 Å². The molecule has 0 amide bonds. The van der Waals surface area contributed by atoms with Crippen LogP contribution in [0.1, 0.15) is 17.4 Å². The van der Waals surface area contributed by atoms with Crippen LogP contribution < -0.4 is 10.2 Å². The minimum Gasteiger partial charge on any atom is -0.378 e. The maximum atomic E-state index is 6.22. The molecule has 0 radical (unpaired) electrons. The SMILES string of the molecule is Cc1ccccc1-c1nnc(SC[C@@H]2CN[C@@H](c3ccc(N(C)C)cc3)O2)n1C. The van der Waals surface area contributed by atoms with E-state index in [1.54, 1.807) is 11.8 Å². The average molecular weight is 410 g/mol. The lowest BCUT2D eigenvalue weighted by atomic mass is 10.1. The van der Waals surface area contributed by atoms with E-state index >= 15 is 0 Å². The molecule has 2 atom stereocenters. The lowest BCUT2D eigenvalue weighted by Gasteiger charge is -2.16. The van der Waals surface area contributed by atoms with Crippen LogP contribution in [0.4, 0.5) is 5.69 Å². The van der Waals surface area contributed by atoms with Crippen LogP contribution in [0, 0.1) is 6.92 Å². The fourth-order valence-corrected chi connectivity index (χ4v) is 4.35. The molecule has 1 saturated heterocycles. The number of benzene rings is 2. The third-order valence-electron chi connectivity index (χ3n) is 5.19. The van der Waals surface area contributed by atoms with E-state index in [0.29, 0.717) is 0 Å². The summed E-state index contributed by atoms with van der Waals surface area (Å²) in [5.41, 5.74) is 4.66. The zero-order chi connectivity index (χ0) is 20.4. The first-order chi connectivity index (χ1) is 14.0. The van der Waals surface area contributed by atoms with Crippen molar-refractivity contribution in [2.24, 2.45) is 7.05 Å². The van der Waals surface area contributed by atoms with Crippen molar-refractivity contribution in [2.75, 3.05) is 31.3 Å². The summed E-state index contributed by atoms with van der Waals surface area (Å²) in [6.45, 7) is 2.93. The number of thioether (sulfide) groups is 1. The van der Waals surface area contributed by atoms with Gasteiger partial charge in [-0.2, -0.15) is 0 Å². The maximum Gasteiger partial charge on any atom is 0.191 e. The molecular formula is C22H27N5OS. The highest BCUT2D eigenvalue weighted by molar-refractivity contribution is 7.99. The Morgan fingerprint density at radius 1 is 1.14 bits per heavy atom. The topological polar surface area (TPSA) is 55.2 Å². The molecule has 1 fully saturated rings. The molecule has 6 nitrogen and oxygen atoms in total. The second-order valence-electron chi connectivity index (χ2n) is 7.52. The Hall–Kier alpha value is -2.35. The van der Waals surface area contributed by atoms with Crippen molar-refractivity contribution in [3.8, 4) is 11.4 Å². The van der Waals surface area contributed by atoms with E-state index in [1.165, 1.54) is 11.3 Å². The van der Waals surface area contributed by atoms with Gasteiger partial charge in [-0.1, -0.05) is 48.2 Å². The molecule has 1 aliphatic rings. The Bertz CT molecular complexity index is 970. The van der Waals surface area contributed by atoms with Crippen LogP contribution in [-0.4, -0.2) is 47.3 Å². The second kappa shape index (κ2) is 8.57. The number of nitrogens with one attached hydrogen (secondary N) is 1. The monoisotopic (exact) mass is 409 g/mol. The van der Waals surface area contributed by atoms with Gasteiger partial charge in [0.2, 0.25) is 0 Å². The van der Waals surface area contributed by atoms with Crippen LogP contribution in [-0.2, 0) is 11.8 Å². The summed E-state index contributed by atoms with van der Waals surface area (Å²) in [5.74, 6) is 1.73. The van der Waals surface area contributed by atoms with E-state index < -0.39 is 0 Å². The van der Waals surface area contributed by atoms with Crippen LogP contribution in [0.3, 0.4) is 0 Å². The van der Waals surface area contributed by atoms with Crippen LogP contribution in [0.25, 0.3) is 11.4 Å². The third-order valence-corrected chi connectivity index (χ3v) is 6.34. The normalized spacial score (nSPS) is 18.9. The molecule has 152 valence electrons. The first-order valence-corrected chi connectivity index (χ1v) is 10.8. The predicted molar refractivity (Wildman–Crippen MR) is 118 cm³/mol. The average Bonchev–Trinajstić information content (AvgIpc) is 3.34. The van der Waals surface area contributed by atoms with Crippen LogP contribution in [0.2, 0.25) is 0 Å². The molecule has 0 spiro atoms. The van der Waals surface area contributed by atoms with Crippen molar-refractivity contribution < 1.29 is 4.74 Å². The number of nitrogens with zero attached hydrogens (tertiary/aromatic N) is 4. The van der Waals surface area contributed by atoms with Crippen molar-refractivity contribution >= 4 is 17.4 Å². The molecular weight excluding hydrogens is 382 g/mol. The number of hydrogen-bond donors (Lipinski definition) is 1. The van der Waals surface area contributed by atoms with E-state index in [0.717, 1.165) is 34.4 Å². The predicted octanol–water partition coefficient (Wildman–Crippen LogP) is 3.64. The first kappa shape index (κ1) is 19.9. The highest BCUT2D eigenvalue weighted by Gasteiger charge is 2.26. The quantitative estimate of drug-likeness (QED) is 0.628. The summed E-state index contributed by atoms with van der Waals surface area (Å²) in [5, 5.41) is 13.2. The number of hydrogen-bond acceptors (Lipinski definition) is 6. The molecule has 7 heteroatoms. The molecule has 2 heterocycles. The summed E-state index contributed by atoms with van der Waals surface area (Å²) >= 11 is 1.69. The van der Waals surface area contributed by atoms with E-state index in [1.807, 2.05) is 33.3 Å². The van der Waals surface area contributed by atoms with E-state index in [2.05, 4.69) is 68.3 Å². The standard InChI is InChI=1S/C22H27N5OS/c1-15-7-5-6-8-19(15)20-24-25-22(27(20)4)29-14-18-13-23-21(28-18)16-9-11-17(12-10-16)26(2)3/h5-12,18,21,23H,13-14H2,1-4H3/t18-,21+/m0/s1. The van der Waals surface area contributed by atoms with E-state index in [-0.39, 0.29) is 12.3 Å². The van der Waals surface area contributed by atoms with Gasteiger partial charge in [0.1, 0.15) is 6.23 Å². The van der Waals surface area contributed by atoms with Gasteiger partial charge < -0.3 is 14.2 Å². The minimum absolute atomic E-state index is 0.0566. The summed E-state index contributed by atoms with van der Waals surface area (Å²) < 4.78 is 8.28. The van der Waals surface area contributed by atoms with Gasteiger partial charge in [-0.3, -0.25) is 5.32 Å². The number of rotatable bonds is 6. The minimum atomic E-state index is -0.0566. The summed E-state index contributed by atoms with van der Waals surface area (Å²) in [4.78, 5) is 2.10. The van der Waals surface area contributed by atoms with Crippen molar-refractivity contribution in [1.29, 1.82) is 0 Å². The molecule has 4 rings (SSSR count). The maximum absolute atomic E-state index is 6.22. The summed E-state index contributed by atoms with van der Waals surface area (Å²) in [6, 6.07) is 16.8. The molecule has 0 bridgehead atoms. The largest absolute Gasteiger partial charge is 0.378 e. The van der Waals surface area contributed by atoms with Gasteiger partial charge in [0, 0.05) is 44.7 Å². The Balaban J connectivity index is 1.36. The van der Waals surface area contributed by atoms with Gasteiger partial charge in [0.05, 0.1) is 6.10 Å². The molecule has 2 aromatic carbocycles. The zero-order valence-corrected chi connectivity index (χ0v) is 18.1. The summed E-state index contributed by atoms with van der Waals surface area (Å²) in [7, 11) is 6.11. The first-order valence-electron chi connectivity index (χ1n) is 9.77. The van der Waals surface area contributed by atoms with Gasteiger partial charge in [0.25, 0.3) is 0 Å². The van der Waals surface area contributed by atoms with E-state index in [4.69, 9.17) is 4.74 Å². The summed E-state index contributed by atoms with van der Waals surface area (Å²) in [6.07, 6.45) is 0.0796. The molecule has 1 aliphatic heterocycles. The smallest absolute Gasteiger partial charge is 0.191 e. The number of aryl methyl sites for hydroxylation is 1. The molecule has 0 unspecified atom stereocenters. The Kier molecular flexibility index (Phi) is 5.89. The second-order valence-corrected chi connectivity index (χ2v) is 8.51.